The van der Waals surface area contributed by atoms with E-state index in [0.717, 1.165) is 35.6 Å². The highest BCUT2D eigenvalue weighted by Crippen LogP contribution is 2.37. The summed E-state index contributed by atoms with van der Waals surface area (Å²) in [6.45, 7) is 3.32. The lowest BCUT2D eigenvalue weighted by atomic mass is 9.77. The Balaban J connectivity index is 1.36. The van der Waals surface area contributed by atoms with E-state index in [2.05, 4.69) is 10.6 Å². The van der Waals surface area contributed by atoms with Crippen LogP contribution in [0.4, 0.5) is 0 Å². The van der Waals surface area contributed by atoms with Crippen LogP contribution in [0.15, 0.2) is 42.5 Å². The number of carbonyl (C=O) groups excluding carboxylic acids is 4. The van der Waals surface area contributed by atoms with Crippen molar-refractivity contribution in [3.05, 3.63) is 48.0 Å². The number of likely N-dealkylation sites (tertiary alicyclic amines) is 1. The van der Waals surface area contributed by atoms with Gasteiger partial charge in [-0.1, -0.05) is 75.6 Å². The third-order valence-electron chi connectivity index (χ3n) is 11.4. The molecule has 0 spiro atoms. The number of rotatable bonds is 19. The molecule has 4 atom stereocenters. The van der Waals surface area contributed by atoms with Gasteiger partial charge in [-0.3, -0.25) is 28.8 Å². The van der Waals surface area contributed by atoms with E-state index in [1.807, 2.05) is 42.5 Å². The maximum atomic E-state index is 14.5. The first-order valence-corrected chi connectivity index (χ1v) is 19.6. The Bertz CT molecular complexity index is 1760. The van der Waals surface area contributed by atoms with Crippen molar-refractivity contribution in [3.8, 4) is 0 Å². The van der Waals surface area contributed by atoms with E-state index >= 15 is 0 Å². The number of carbonyl (C=O) groups is 7. The van der Waals surface area contributed by atoms with Crippen LogP contribution in [-0.4, -0.2) is 110 Å². The molecule has 2 aromatic carbocycles. The molecule has 2 aliphatic carbocycles. The van der Waals surface area contributed by atoms with E-state index in [1.165, 1.54) is 9.80 Å². The van der Waals surface area contributed by atoms with Crippen LogP contribution < -0.4 is 10.6 Å². The fraction of sp³-hybridized carbons (Fsp3) is 0.585. The number of nitrogens with zero attached hydrogens (tertiary/aromatic N) is 2. The monoisotopic (exact) mass is 778 g/mol. The van der Waals surface area contributed by atoms with Crippen LogP contribution in [0.2, 0.25) is 0 Å². The van der Waals surface area contributed by atoms with Gasteiger partial charge in [-0.05, 0) is 53.9 Å². The number of aliphatic carboxylic acids is 3. The lowest BCUT2D eigenvalue weighted by Crippen LogP contribution is -2.58. The third-order valence-corrected chi connectivity index (χ3v) is 11.4. The van der Waals surface area contributed by atoms with Crippen molar-refractivity contribution in [3.63, 3.8) is 0 Å². The number of fused-ring (bicyclic) bond motifs is 1. The van der Waals surface area contributed by atoms with E-state index in [1.54, 1.807) is 13.8 Å². The number of carboxylic acids is 3. The Hall–Kier alpha value is -5.05. The summed E-state index contributed by atoms with van der Waals surface area (Å²) in [6, 6.07) is 11.6. The molecular weight excluding hydrogens is 724 g/mol. The molecule has 3 fully saturated rings. The average Bonchev–Trinajstić information content (AvgIpc) is 3.83. The Kier molecular flexibility index (Phi) is 14.1. The Morgan fingerprint density at radius 2 is 1.54 bits per heavy atom. The van der Waals surface area contributed by atoms with E-state index in [4.69, 9.17) is 4.74 Å². The van der Waals surface area contributed by atoms with Gasteiger partial charge in [0.2, 0.25) is 23.6 Å². The summed E-state index contributed by atoms with van der Waals surface area (Å²) >= 11 is 0. The normalized spacial score (nSPS) is 20.2. The molecule has 2 aromatic rings. The second-order valence-corrected chi connectivity index (χ2v) is 15.8. The summed E-state index contributed by atoms with van der Waals surface area (Å²) in [4.78, 5) is 93.4. The Labute approximate surface area is 326 Å². The lowest BCUT2D eigenvalue weighted by Gasteiger charge is -2.34. The number of ether oxygens (including phenoxy) is 1. The fourth-order valence-electron chi connectivity index (χ4n) is 7.97. The highest BCUT2D eigenvalue weighted by Gasteiger charge is 2.54. The molecule has 0 radical (unpaired) electrons. The minimum atomic E-state index is -1.39. The van der Waals surface area contributed by atoms with E-state index in [9.17, 15) is 48.9 Å². The van der Waals surface area contributed by atoms with Crippen LogP contribution in [0.1, 0.15) is 90.0 Å². The SMILES string of the molecule is CC(C)C(NC(=O)C(CC(=O)N(CCC(=O)O)CCC(=O)O)C1CCCCC1)C(=O)N1CC(OCc2cccc3ccccc23)CC1C(=O)NC1(C(=O)O)CC1. The van der Waals surface area contributed by atoms with Crippen molar-refractivity contribution < 1.29 is 53.6 Å². The van der Waals surface area contributed by atoms with Gasteiger partial charge in [0.25, 0.3) is 0 Å². The van der Waals surface area contributed by atoms with Gasteiger partial charge in [-0.15, -0.1) is 0 Å². The van der Waals surface area contributed by atoms with Gasteiger partial charge in [-0.2, -0.15) is 0 Å². The predicted molar refractivity (Wildman–Crippen MR) is 203 cm³/mol. The van der Waals surface area contributed by atoms with Crippen LogP contribution in [-0.2, 0) is 44.9 Å². The lowest BCUT2D eigenvalue weighted by molar-refractivity contribution is -0.146. The zero-order chi connectivity index (χ0) is 40.6. The van der Waals surface area contributed by atoms with Gasteiger partial charge >= 0.3 is 17.9 Å². The van der Waals surface area contributed by atoms with Crippen molar-refractivity contribution in [2.24, 2.45) is 17.8 Å². The first-order chi connectivity index (χ1) is 26.7. The van der Waals surface area contributed by atoms with Crippen molar-refractivity contribution >= 4 is 52.3 Å². The molecule has 1 heterocycles. The quantitative estimate of drug-likeness (QED) is 0.139. The van der Waals surface area contributed by atoms with Gasteiger partial charge in [0.05, 0.1) is 25.6 Å². The van der Waals surface area contributed by atoms with Crippen LogP contribution in [0.3, 0.4) is 0 Å². The second kappa shape index (κ2) is 18.7. The Morgan fingerprint density at radius 1 is 0.893 bits per heavy atom. The van der Waals surface area contributed by atoms with Crippen molar-refractivity contribution in [2.75, 3.05) is 19.6 Å². The maximum Gasteiger partial charge on any atom is 0.329 e. The number of amides is 4. The zero-order valence-electron chi connectivity index (χ0n) is 32.1. The van der Waals surface area contributed by atoms with Gasteiger partial charge in [0.15, 0.2) is 0 Å². The van der Waals surface area contributed by atoms with Crippen molar-refractivity contribution in [2.45, 2.75) is 115 Å². The zero-order valence-corrected chi connectivity index (χ0v) is 32.1. The summed E-state index contributed by atoms with van der Waals surface area (Å²) in [5.41, 5.74) is -0.459. The third kappa shape index (κ3) is 10.6. The molecule has 5 N–H and O–H groups in total. The molecule has 2 saturated carbocycles. The summed E-state index contributed by atoms with van der Waals surface area (Å²) in [7, 11) is 0. The van der Waals surface area contributed by atoms with Crippen LogP contribution in [0, 0.1) is 17.8 Å². The molecule has 4 amide bonds. The summed E-state index contributed by atoms with van der Waals surface area (Å²) in [5.74, 6) is -7.18. The average molecular weight is 779 g/mol. The number of benzene rings is 2. The van der Waals surface area contributed by atoms with E-state index < -0.39 is 77.1 Å². The molecule has 304 valence electrons. The first-order valence-electron chi connectivity index (χ1n) is 19.6. The number of carboxylic acid groups (broad SMARTS) is 3. The molecule has 4 unspecified atom stereocenters. The number of nitrogens with one attached hydrogen (secondary N) is 2. The van der Waals surface area contributed by atoms with Crippen molar-refractivity contribution in [1.82, 2.24) is 20.4 Å². The molecule has 1 saturated heterocycles. The summed E-state index contributed by atoms with van der Waals surface area (Å²) in [6.07, 6.45) is 3.02. The molecule has 0 bridgehead atoms. The molecule has 3 aliphatic rings. The van der Waals surface area contributed by atoms with Gasteiger partial charge in [-0.25, -0.2) is 4.79 Å². The van der Waals surface area contributed by atoms with Crippen LogP contribution >= 0.6 is 0 Å². The largest absolute Gasteiger partial charge is 0.481 e. The minimum Gasteiger partial charge on any atom is -0.481 e. The van der Waals surface area contributed by atoms with E-state index in [0.29, 0.717) is 12.8 Å². The highest BCUT2D eigenvalue weighted by molar-refractivity contribution is 5.96. The molecule has 1 aliphatic heterocycles. The first kappa shape index (κ1) is 42.1. The van der Waals surface area contributed by atoms with Gasteiger partial charge in [0, 0.05) is 38.4 Å². The molecule has 5 rings (SSSR count). The van der Waals surface area contributed by atoms with Gasteiger partial charge < -0.3 is 40.5 Å². The molecule has 15 heteroatoms. The van der Waals surface area contributed by atoms with E-state index in [-0.39, 0.29) is 70.7 Å². The maximum absolute atomic E-state index is 14.5. The highest BCUT2D eigenvalue weighted by atomic mass is 16.5. The van der Waals surface area contributed by atoms with Crippen LogP contribution in [0.25, 0.3) is 10.8 Å². The smallest absolute Gasteiger partial charge is 0.329 e. The van der Waals surface area contributed by atoms with Crippen LogP contribution in [0.5, 0.6) is 0 Å². The van der Waals surface area contributed by atoms with Crippen molar-refractivity contribution in [1.29, 1.82) is 0 Å². The second-order valence-electron chi connectivity index (χ2n) is 15.8. The topological polar surface area (TPSA) is 220 Å². The molecular formula is C41H54N4O11. The molecule has 0 aromatic heterocycles. The fourth-order valence-corrected chi connectivity index (χ4v) is 7.97. The number of hydrogen-bond donors (Lipinski definition) is 5. The standard InChI is InChI=1S/C41H54N4O11/c1-25(2)36(42-37(51)31(27-9-4-3-5-10-27)22-33(46)44(19-15-34(47)48)20-16-35(49)50)39(53)45-23-29(21-32(45)38(52)43-41(17-18-41)40(54)55)56-24-28-13-8-12-26-11-6-7-14-30(26)28/h6-8,11-14,25,27,29,31-32,36H,3-5,9-10,15-24H2,1-2H3,(H,42,51)(H,43,52)(H,47,48)(H,49,50)(H,54,55). The molecule has 56 heavy (non-hydrogen) atoms. The van der Waals surface area contributed by atoms with Gasteiger partial charge in [0.1, 0.15) is 17.6 Å². The Morgan fingerprint density at radius 3 is 2.14 bits per heavy atom. The number of hydrogen-bond acceptors (Lipinski definition) is 8. The minimum absolute atomic E-state index is 0.0213. The predicted octanol–water partition coefficient (Wildman–Crippen LogP) is 3.56. The molecule has 15 nitrogen and oxygen atoms in total. The summed E-state index contributed by atoms with van der Waals surface area (Å²) in [5, 5.41) is 35.9. The summed E-state index contributed by atoms with van der Waals surface area (Å²) < 4.78 is 6.33.